The molecule has 6 rings (SSSR count). The molecule has 1 aliphatic heterocycles. The second-order valence-corrected chi connectivity index (χ2v) is 12.1. The molecule has 6 nitrogen and oxygen atoms in total. The van der Waals surface area contributed by atoms with Gasteiger partial charge in [-0.3, -0.25) is 15.0 Å². The molecule has 1 atom stereocenters. The van der Waals surface area contributed by atoms with Crippen LogP contribution in [0.4, 0.5) is 0 Å². The number of carbonyl (C=O) groups is 2. The molecule has 0 aromatic heterocycles. The van der Waals surface area contributed by atoms with Gasteiger partial charge in [-0.25, -0.2) is 0 Å². The van der Waals surface area contributed by atoms with E-state index in [0.717, 1.165) is 31.2 Å². The molecule has 1 saturated heterocycles. The maximum atomic E-state index is 13.4. The Hall–Kier alpha value is -2.06. The SMILES string of the molecule is CC[C@H](C)Oc1ccc(/C=C2\SC(=S)N(NC(=O)C34CC5CC(CC(C5)C3)C4)C2=O)cc1OC. The largest absolute Gasteiger partial charge is 0.493 e. The van der Waals surface area contributed by atoms with Crippen molar-refractivity contribution in [3.8, 4) is 11.5 Å². The van der Waals surface area contributed by atoms with Crippen molar-refractivity contribution in [2.45, 2.75) is 64.9 Å². The Balaban J connectivity index is 1.30. The molecule has 1 aromatic rings. The van der Waals surface area contributed by atoms with Gasteiger partial charge < -0.3 is 9.47 Å². The molecule has 0 unspecified atom stereocenters. The maximum Gasteiger partial charge on any atom is 0.285 e. The van der Waals surface area contributed by atoms with Crippen molar-refractivity contribution >= 4 is 46.2 Å². The summed E-state index contributed by atoms with van der Waals surface area (Å²) in [5, 5.41) is 1.27. The number of ether oxygens (including phenoxy) is 2. The first-order valence-electron chi connectivity index (χ1n) is 12.2. The monoisotopic (exact) mass is 500 g/mol. The first-order valence-corrected chi connectivity index (χ1v) is 13.5. The first kappa shape index (κ1) is 23.7. The third-order valence-corrected chi connectivity index (χ3v) is 9.22. The number of nitrogens with zero attached hydrogens (tertiary/aromatic N) is 1. The van der Waals surface area contributed by atoms with Crippen LogP contribution in [0, 0.1) is 23.2 Å². The Labute approximate surface area is 210 Å². The predicted molar refractivity (Wildman–Crippen MR) is 137 cm³/mol. The van der Waals surface area contributed by atoms with Gasteiger partial charge in [0, 0.05) is 0 Å². The zero-order valence-corrected chi connectivity index (χ0v) is 21.6. The van der Waals surface area contributed by atoms with Crippen molar-refractivity contribution in [1.82, 2.24) is 10.4 Å². The summed E-state index contributed by atoms with van der Waals surface area (Å²) in [5.74, 6) is 2.94. The molecule has 1 N–H and O–H groups in total. The van der Waals surface area contributed by atoms with Crippen LogP contribution in [-0.2, 0) is 9.59 Å². The van der Waals surface area contributed by atoms with Crippen LogP contribution in [0.15, 0.2) is 23.1 Å². The number of thioether (sulfide) groups is 1. The molecular weight excluding hydrogens is 468 g/mol. The van der Waals surface area contributed by atoms with Gasteiger partial charge >= 0.3 is 0 Å². The molecule has 4 bridgehead atoms. The summed E-state index contributed by atoms with van der Waals surface area (Å²) in [4.78, 5) is 27.1. The third kappa shape index (κ3) is 4.35. The van der Waals surface area contributed by atoms with E-state index in [2.05, 4.69) is 12.3 Å². The van der Waals surface area contributed by atoms with Crippen molar-refractivity contribution < 1.29 is 19.1 Å². The minimum Gasteiger partial charge on any atom is -0.493 e. The van der Waals surface area contributed by atoms with E-state index < -0.39 is 0 Å². The average molecular weight is 501 g/mol. The van der Waals surface area contributed by atoms with Gasteiger partial charge in [-0.05, 0) is 106 Å². The van der Waals surface area contributed by atoms with Gasteiger partial charge in [0.15, 0.2) is 15.8 Å². The summed E-state index contributed by atoms with van der Waals surface area (Å²) in [5.41, 5.74) is 3.38. The maximum absolute atomic E-state index is 13.4. The number of thiocarbonyl (C=S) groups is 1. The highest BCUT2D eigenvalue weighted by atomic mass is 32.2. The number of hydrogen-bond donors (Lipinski definition) is 1. The number of nitrogens with one attached hydrogen (secondary N) is 1. The standard InChI is InChI=1S/C26H32N2O4S2/c1-4-15(2)32-20-6-5-16(10-21(20)31-3)11-22-23(29)28(25(33)34-22)27-24(30)26-12-17-7-18(13-26)9-19(8-17)14-26/h5-6,10-11,15,17-19H,4,7-9,12-14H2,1-3H3,(H,27,30)/b22-11-/t15-,17?,18?,19?,26?/m0/s1. The minimum absolute atomic E-state index is 0.0302. The Bertz CT molecular complexity index is 1020. The minimum atomic E-state index is -0.333. The highest BCUT2D eigenvalue weighted by Gasteiger charge is 2.55. The summed E-state index contributed by atoms with van der Waals surface area (Å²) in [6, 6.07) is 5.59. The number of methoxy groups -OCH3 is 1. The van der Waals surface area contributed by atoms with Crippen LogP contribution >= 0.6 is 24.0 Å². The number of rotatable bonds is 7. The second kappa shape index (κ2) is 9.19. The number of hydrogen-bond acceptors (Lipinski definition) is 6. The Morgan fingerprint density at radius 1 is 1.24 bits per heavy atom. The molecule has 2 amide bonds. The van der Waals surface area contributed by atoms with E-state index >= 15 is 0 Å². The summed E-state index contributed by atoms with van der Waals surface area (Å²) in [6.07, 6.45) is 9.38. The molecule has 34 heavy (non-hydrogen) atoms. The van der Waals surface area contributed by atoms with Crippen LogP contribution in [0.25, 0.3) is 6.08 Å². The van der Waals surface area contributed by atoms with Crippen LogP contribution in [0.1, 0.15) is 64.4 Å². The van der Waals surface area contributed by atoms with Crippen molar-refractivity contribution in [2.24, 2.45) is 23.2 Å². The van der Waals surface area contributed by atoms with E-state index in [9.17, 15) is 9.59 Å². The van der Waals surface area contributed by atoms with Gasteiger partial charge in [-0.15, -0.1) is 0 Å². The number of benzene rings is 1. The van der Waals surface area contributed by atoms with Crippen LogP contribution in [0.2, 0.25) is 0 Å². The molecule has 0 radical (unpaired) electrons. The van der Waals surface area contributed by atoms with Crippen LogP contribution in [0.3, 0.4) is 0 Å². The van der Waals surface area contributed by atoms with Crippen LogP contribution < -0.4 is 14.9 Å². The van der Waals surface area contributed by atoms with E-state index in [4.69, 9.17) is 21.7 Å². The molecule has 8 heteroatoms. The number of amides is 2. The van der Waals surface area contributed by atoms with Crippen LogP contribution in [0.5, 0.6) is 11.5 Å². The summed E-state index contributed by atoms with van der Waals surface area (Å²) in [7, 11) is 1.60. The van der Waals surface area contributed by atoms with E-state index in [1.54, 1.807) is 13.2 Å². The first-order chi connectivity index (χ1) is 16.3. The summed E-state index contributed by atoms with van der Waals surface area (Å²) in [6.45, 7) is 4.08. The molecule has 4 saturated carbocycles. The quantitative estimate of drug-likeness (QED) is 0.404. The van der Waals surface area contributed by atoms with E-state index in [1.165, 1.54) is 36.0 Å². The van der Waals surface area contributed by atoms with Gasteiger partial charge in [0.1, 0.15) is 0 Å². The Kier molecular flexibility index (Phi) is 6.40. The van der Waals surface area contributed by atoms with Crippen LogP contribution in [-0.4, -0.2) is 34.4 Å². The molecule has 1 aromatic carbocycles. The fourth-order valence-corrected chi connectivity index (χ4v) is 7.68. The second-order valence-electron chi connectivity index (χ2n) is 10.4. The number of hydrazine groups is 1. The average Bonchev–Trinajstić information content (AvgIpc) is 3.06. The summed E-state index contributed by atoms with van der Waals surface area (Å²) < 4.78 is 11.8. The molecule has 182 valence electrons. The highest BCUT2D eigenvalue weighted by molar-refractivity contribution is 8.26. The zero-order valence-electron chi connectivity index (χ0n) is 20.0. The third-order valence-electron chi connectivity index (χ3n) is 7.92. The molecular formula is C26H32N2O4S2. The molecule has 5 fully saturated rings. The molecule has 5 aliphatic rings. The van der Waals surface area contributed by atoms with Crippen molar-refractivity contribution in [2.75, 3.05) is 7.11 Å². The summed E-state index contributed by atoms with van der Waals surface area (Å²) >= 11 is 6.68. The van der Waals surface area contributed by atoms with E-state index in [-0.39, 0.29) is 23.3 Å². The Morgan fingerprint density at radius 2 is 1.88 bits per heavy atom. The fourth-order valence-electron chi connectivity index (χ4n) is 6.50. The van der Waals surface area contributed by atoms with E-state index in [0.29, 0.717) is 38.5 Å². The zero-order chi connectivity index (χ0) is 24.0. The van der Waals surface area contributed by atoms with Gasteiger partial charge in [0.25, 0.3) is 5.91 Å². The number of carbonyl (C=O) groups excluding carboxylic acids is 2. The van der Waals surface area contributed by atoms with Gasteiger partial charge in [0.2, 0.25) is 5.91 Å². The lowest BCUT2D eigenvalue weighted by Gasteiger charge is -2.55. The molecule has 1 heterocycles. The lowest BCUT2D eigenvalue weighted by atomic mass is 9.49. The lowest BCUT2D eigenvalue weighted by Crippen LogP contribution is -2.57. The topological polar surface area (TPSA) is 67.9 Å². The molecule has 0 spiro atoms. The normalized spacial score (nSPS) is 31.8. The smallest absolute Gasteiger partial charge is 0.285 e. The fraction of sp³-hybridized carbons (Fsp3) is 0.577. The van der Waals surface area contributed by atoms with Gasteiger partial charge in [-0.1, -0.05) is 24.8 Å². The van der Waals surface area contributed by atoms with Gasteiger partial charge in [0.05, 0.1) is 23.5 Å². The Morgan fingerprint density at radius 3 is 2.47 bits per heavy atom. The highest BCUT2D eigenvalue weighted by Crippen LogP contribution is 2.60. The van der Waals surface area contributed by atoms with Crippen molar-refractivity contribution in [3.63, 3.8) is 0 Å². The predicted octanol–water partition coefficient (Wildman–Crippen LogP) is 5.32. The van der Waals surface area contributed by atoms with Gasteiger partial charge in [-0.2, -0.15) is 5.01 Å². The van der Waals surface area contributed by atoms with Crippen molar-refractivity contribution in [3.05, 3.63) is 28.7 Å². The van der Waals surface area contributed by atoms with E-state index in [1.807, 2.05) is 25.1 Å². The molecule has 4 aliphatic carbocycles. The lowest BCUT2D eigenvalue weighted by molar-refractivity contribution is -0.152. The van der Waals surface area contributed by atoms with Crippen molar-refractivity contribution in [1.29, 1.82) is 0 Å².